The molecule has 4 aliphatic rings. The van der Waals surface area contributed by atoms with Gasteiger partial charge in [0.2, 0.25) is 5.91 Å². The van der Waals surface area contributed by atoms with E-state index in [4.69, 9.17) is 25.0 Å². The normalized spacial score (nSPS) is 32.0. The summed E-state index contributed by atoms with van der Waals surface area (Å²) in [5, 5.41) is 27.5. The number of carbonyl (C=O) groups is 3. The number of rotatable bonds is 6. The molecule has 1 amide bonds. The van der Waals surface area contributed by atoms with Gasteiger partial charge in [0.05, 0.1) is 31.2 Å². The fourth-order valence-corrected chi connectivity index (χ4v) is 4.59. The fraction of sp³-hybridized carbons (Fsp3) is 0.800. The quantitative estimate of drug-likeness (QED) is 0.528. The Morgan fingerprint density at radius 2 is 1.80 bits per heavy atom. The fourth-order valence-electron chi connectivity index (χ4n) is 4.59. The Balaban J connectivity index is 0.000000575. The van der Waals surface area contributed by atoms with Gasteiger partial charge in [0.15, 0.2) is 0 Å². The second kappa shape index (κ2) is 10.2. The van der Waals surface area contributed by atoms with E-state index in [1.165, 1.54) is 4.90 Å². The number of aliphatic hydroxyl groups excluding tert-OH is 1. The number of carboxylic acids is 1. The lowest BCUT2D eigenvalue weighted by molar-refractivity contribution is -0.163. The smallest absolute Gasteiger partial charge is 0.329 e. The Labute approximate surface area is 175 Å². The van der Waals surface area contributed by atoms with Crippen molar-refractivity contribution >= 4 is 17.8 Å². The molecule has 0 radical (unpaired) electrons. The molecule has 0 aromatic heterocycles. The van der Waals surface area contributed by atoms with E-state index in [0.717, 1.165) is 38.5 Å². The Kier molecular flexibility index (Phi) is 8.15. The van der Waals surface area contributed by atoms with E-state index in [1.54, 1.807) is 0 Å². The summed E-state index contributed by atoms with van der Waals surface area (Å²) < 4.78 is 18.7. The number of esters is 1. The van der Waals surface area contributed by atoms with Crippen LogP contribution in [0.1, 0.15) is 51.9 Å². The monoisotopic (exact) mass is 427 g/mol. The SMILES string of the molecule is CCOC(=O)C12CCC(NCC(=O)N3C[C@@H](F)C[C@H]3C#N)(CC1)CC2.O=C(O)CO. The number of nitrogens with one attached hydrogen (secondary N) is 1. The predicted molar refractivity (Wildman–Crippen MR) is 103 cm³/mol. The number of carboxylic acid groups (broad SMARTS) is 1. The molecule has 1 heterocycles. The van der Waals surface area contributed by atoms with Crippen LogP contribution >= 0.6 is 0 Å². The molecule has 0 spiro atoms. The van der Waals surface area contributed by atoms with Crippen LogP contribution in [0.25, 0.3) is 0 Å². The van der Waals surface area contributed by atoms with Gasteiger partial charge in [0.1, 0.15) is 18.8 Å². The third-order valence-corrected chi connectivity index (χ3v) is 6.42. The molecular formula is C20H30FN3O6. The van der Waals surface area contributed by atoms with E-state index < -0.39 is 24.8 Å². The molecule has 1 aliphatic heterocycles. The standard InChI is InChI=1S/C18H26FN3O3.C2H4O3/c1-2-25-16(24)17-3-6-18(7-4-17,8-5-17)21-11-15(23)22-12-13(19)9-14(22)10-20;3-1-2(4)5/h13-14,21H,2-9,11-12H2,1H3;3H,1H2,(H,4,5)/t13-,14-,17?,18?;/m0./s1. The molecule has 3 saturated carbocycles. The second-order valence-corrected chi connectivity index (χ2v) is 8.21. The van der Waals surface area contributed by atoms with E-state index >= 15 is 0 Å². The van der Waals surface area contributed by atoms with Crippen LogP contribution in [0, 0.1) is 16.7 Å². The topological polar surface area (TPSA) is 140 Å². The van der Waals surface area contributed by atoms with Gasteiger partial charge in [-0.3, -0.25) is 9.59 Å². The zero-order valence-corrected chi connectivity index (χ0v) is 17.2. The van der Waals surface area contributed by atoms with Gasteiger partial charge in [-0.2, -0.15) is 5.26 Å². The summed E-state index contributed by atoms with van der Waals surface area (Å²) in [4.78, 5) is 35.1. The Morgan fingerprint density at radius 3 is 2.27 bits per heavy atom. The third kappa shape index (κ3) is 5.46. The van der Waals surface area contributed by atoms with Crippen molar-refractivity contribution in [1.82, 2.24) is 10.2 Å². The Morgan fingerprint density at radius 1 is 1.23 bits per heavy atom. The summed E-state index contributed by atoms with van der Waals surface area (Å²) in [7, 11) is 0. The Hall–Kier alpha value is -2.25. The molecule has 0 unspecified atom stereocenters. The lowest BCUT2D eigenvalue weighted by atomic mass is 9.57. The highest BCUT2D eigenvalue weighted by Crippen LogP contribution is 2.52. The maximum absolute atomic E-state index is 13.5. The summed E-state index contributed by atoms with van der Waals surface area (Å²) in [6, 6.07) is 1.35. The van der Waals surface area contributed by atoms with Crippen LogP contribution in [-0.2, 0) is 19.1 Å². The number of hydrogen-bond acceptors (Lipinski definition) is 7. The number of aliphatic hydroxyl groups is 1. The van der Waals surface area contributed by atoms with Crippen molar-refractivity contribution in [1.29, 1.82) is 5.26 Å². The van der Waals surface area contributed by atoms with Crippen molar-refractivity contribution in [2.75, 3.05) is 26.3 Å². The first-order chi connectivity index (χ1) is 14.2. The van der Waals surface area contributed by atoms with E-state index in [0.29, 0.717) is 6.61 Å². The lowest BCUT2D eigenvalue weighted by Gasteiger charge is -2.52. The number of carbonyl (C=O) groups excluding carboxylic acids is 2. The second-order valence-electron chi connectivity index (χ2n) is 8.21. The minimum Gasteiger partial charge on any atom is -0.480 e. The lowest BCUT2D eigenvalue weighted by Crippen LogP contribution is -2.58. The average molecular weight is 427 g/mol. The average Bonchev–Trinajstić information content (AvgIpc) is 3.15. The molecule has 4 rings (SSSR count). The van der Waals surface area contributed by atoms with Crippen molar-refractivity contribution in [2.45, 2.75) is 69.6 Å². The molecule has 3 aliphatic carbocycles. The van der Waals surface area contributed by atoms with Crippen molar-refractivity contribution in [3.05, 3.63) is 0 Å². The van der Waals surface area contributed by atoms with Crippen molar-refractivity contribution in [3.8, 4) is 6.07 Å². The van der Waals surface area contributed by atoms with Crippen LogP contribution in [0.3, 0.4) is 0 Å². The van der Waals surface area contributed by atoms with Crippen LogP contribution in [0.4, 0.5) is 4.39 Å². The number of ether oxygens (including phenoxy) is 1. The zero-order chi connectivity index (χ0) is 22.4. The third-order valence-electron chi connectivity index (χ3n) is 6.42. The van der Waals surface area contributed by atoms with Gasteiger partial charge < -0.3 is 25.2 Å². The van der Waals surface area contributed by atoms with Gasteiger partial charge >= 0.3 is 11.9 Å². The minimum atomic E-state index is -1.19. The number of alkyl halides is 1. The molecule has 0 aromatic carbocycles. The van der Waals surface area contributed by atoms with Gasteiger partial charge in [-0.15, -0.1) is 0 Å². The number of likely N-dealkylation sites (tertiary alicyclic amines) is 1. The molecule has 1 saturated heterocycles. The number of amides is 1. The maximum Gasteiger partial charge on any atom is 0.329 e. The first-order valence-corrected chi connectivity index (χ1v) is 10.3. The molecule has 4 fully saturated rings. The van der Waals surface area contributed by atoms with Gasteiger partial charge in [0, 0.05) is 12.0 Å². The molecule has 10 heteroatoms. The highest BCUT2D eigenvalue weighted by atomic mass is 19.1. The molecule has 2 atom stereocenters. The first kappa shape index (κ1) is 24.0. The van der Waals surface area contributed by atoms with Crippen LogP contribution in [0.5, 0.6) is 0 Å². The summed E-state index contributed by atoms with van der Waals surface area (Å²) in [5.41, 5.74) is -0.466. The van der Waals surface area contributed by atoms with Gasteiger partial charge in [-0.25, -0.2) is 9.18 Å². The summed E-state index contributed by atoms with van der Waals surface area (Å²) >= 11 is 0. The van der Waals surface area contributed by atoms with Crippen LogP contribution < -0.4 is 5.32 Å². The predicted octanol–water partition coefficient (Wildman–Crippen LogP) is 0.758. The molecule has 3 N–H and O–H groups in total. The van der Waals surface area contributed by atoms with Crippen LogP contribution in [-0.4, -0.2) is 77.0 Å². The molecule has 168 valence electrons. The number of nitriles is 1. The molecular weight excluding hydrogens is 397 g/mol. The van der Waals surface area contributed by atoms with Gasteiger partial charge in [-0.1, -0.05) is 0 Å². The number of hydrogen-bond donors (Lipinski definition) is 3. The van der Waals surface area contributed by atoms with Crippen molar-refractivity contribution in [3.63, 3.8) is 0 Å². The van der Waals surface area contributed by atoms with E-state index in [-0.39, 0.29) is 42.3 Å². The largest absolute Gasteiger partial charge is 0.480 e. The number of halogens is 1. The number of aliphatic carboxylic acids is 1. The van der Waals surface area contributed by atoms with E-state index in [2.05, 4.69) is 5.32 Å². The molecule has 30 heavy (non-hydrogen) atoms. The van der Waals surface area contributed by atoms with Gasteiger partial charge in [-0.05, 0) is 45.4 Å². The van der Waals surface area contributed by atoms with E-state index in [9.17, 15) is 14.0 Å². The summed E-state index contributed by atoms with van der Waals surface area (Å²) in [6.07, 6.45) is 3.86. The maximum atomic E-state index is 13.5. The molecule has 9 nitrogen and oxygen atoms in total. The number of nitrogens with zero attached hydrogens (tertiary/aromatic N) is 2. The van der Waals surface area contributed by atoms with E-state index in [1.807, 2.05) is 13.0 Å². The van der Waals surface area contributed by atoms with Crippen LogP contribution in [0.2, 0.25) is 0 Å². The summed E-state index contributed by atoms with van der Waals surface area (Å²) in [5.74, 6) is -1.49. The molecule has 0 aromatic rings. The highest BCUT2D eigenvalue weighted by Gasteiger charge is 2.53. The van der Waals surface area contributed by atoms with Crippen molar-refractivity contribution in [2.24, 2.45) is 5.41 Å². The zero-order valence-electron chi connectivity index (χ0n) is 17.2. The minimum absolute atomic E-state index is 0.0116. The first-order valence-electron chi connectivity index (χ1n) is 10.3. The molecule has 2 bridgehead atoms. The van der Waals surface area contributed by atoms with Crippen molar-refractivity contribution < 1.29 is 33.7 Å². The highest BCUT2D eigenvalue weighted by molar-refractivity contribution is 5.80. The number of fused-ring (bicyclic) bond motifs is 3. The summed E-state index contributed by atoms with van der Waals surface area (Å²) in [6.45, 7) is 1.59. The van der Waals surface area contributed by atoms with Crippen LogP contribution in [0.15, 0.2) is 0 Å². The Bertz CT molecular complexity index is 670. The van der Waals surface area contributed by atoms with Gasteiger partial charge in [0.25, 0.3) is 0 Å².